The summed E-state index contributed by atoms with van der Waals surface area (Å²) in [5.41, 5.74) is 1.45. The minimum Gasteiger partial charge on any atom is -0.551 e. The number of ether oxygens (including phenoxy) is 1. The van der Waals surface area contributed by atoms with Crippen LogP contribution in [-0.4, -0.2) is 15.4 Å². The monoisotopic (exact) mass is 191 g/mol. The second kappa shape index (κ2) is 5.53. The van der Waals surface area contributed by atoms with Crippen molar-refractivity contribution >= 4 is 8.80 Å². The van der Waals surface area contributed by atoms with Gasteiger partial charge in [0.05, 0.1) is 0 Å². The molecule has 0 amide bonds. The Balaban J connectivity index is 0.000000810. The van der Waals surface area contributed by atoms with Crippen molar-refractivity contribution in [3.05, 3.63) is 5.73 Å². The zero-order valence-electron chi connectivity index (χ0n) is 6.81. The molecule has 1 heterocycles. The van der Waals surface area contributed by atoms with Crippen LogP contribution in [0.1, 0.15) is 19.3 Å². The van der Waals surface area contributed by atoms with Crippen LogP contribution in [0.4, 0.5) is 0 Å². The van der Waals surface area contributed by atoms with Gasteiger partial charge in [0.15, 0.2) is 0 Å². The van der Waals surface area contributed by atoms with Crippen LogP contribution in [0.2, 0.25) is 13.1 Å². The molecule has 1 nitrogen and oxygen atoms in total. The smallest absolute Gasteiger partial charge is 0.0111 e. The summed E-state index contributed by atoms with van der Waals surface area (Å²) >= 11 is 0. The second-order valence-corrected chi connectivity index (χ2v) is 5.88. The van der Waals surface area contributed by atoms with Crippen LogP contribution in [-0.2, 0) is 26.5 Å². The molecule has 0 spiro atoms. The van der Waals surface area contributed by atoms with E-state index >= 15 is 0 Å². The molecular weight excluding hydrogens is 176 g/mol. The second-order valence-electron chi connectivity index (χ2n) is 2.93. The standard InChI is InChI=1S/C7H15OSi.Ti/c1-9(2)7-5-3-4-6-8-7;/h9H,3-6H2,1-2H3;/q-1;. The molecule has 0 aromatic rings. The van der Waals surface area contributed by atoms with Gasteiger partial charge in [-0.15, -0.1) is 0 Å². The molecule has 58 valence electrons. The third-order valence-corrected chi connectivity index (χ3v) is 3.49. The van der Waals surface area contributed by atoms with Gasteiger partial charge in [-0.25, -0.2) is 0 Å². The Morgan fingerprint density at radius 2 is 2.00 bits per heavy atom. The maximum absolute atomic E-state index is 5.52. The summed E-state index contributed by atoms with van der Waals surface area (Å²) in [7, 11) is -0.557. The Hall–Kier alpha value is 0.891. The molecular formula is C7H15OSiTi-. The van der Waals surface area contributed by atoms with Gasteiger partial charge in [0.1, 0.15) is 0 Å². The largest absolute Gasteiger partial charge is 0.551 e. The van der Waals surface area contributed by atoms with Crippen molar-refractivity contribution in [2.45, 2.75) is 32.4 Å². The van der Waals surface area contributed by atoms with Crippen molar-refractivity contribution < 1.29 is 26.5 Å². The van der Waals surface area contributed by atoms with Gasteiger partial charge in [0.25, 0.3) is 0 Å². The SMILES string of the molecule is C[SiH](C)[C-]1CCCCO1.[Ti]. The van der Waals surface area contributed by atoms with E-state index in [0.717, 1.165) is 6.61 Å². The maximum atomic E-state index is 5.52. The van der Waals surface area contributed by atoms with E-state index in [4.69, 9.17) is 4.74 Å². The Bertz CT molecular complexity index is 81.7. The van der Waals surface area contributed by atoms with Crippen molar-refractivity contribution in [3.63, 3.8) is 0 Å². The summed E-state index contributed by atoms with van der Waals surface area (Å²) in [5, 5.41) is 0. The summed E-state index contributed by atoms with van der Waals surface area (Å²) in [4.78, 5) is 0. The van der Waals surface area contributed by atoms with E-state index in [1.807, 2.05) is 0 Å². The maximum Gasteiger partial charge on any atom is 0.0111 e. The quantitative estimate of drug-likeness (QED) is 0.453. The van der Waals surface area contributed by atoms with Gasteiger partial charge in [0, 0.05) is 28.3 Å². The predicted octanol–water partition coefficient (Wildman–Crippen LogP) is 1.74. The van der Waals surface area contributed by atoms with Crippen LogP contribution in [0.25, 0.3) is 0 Å². The summed E-state index contributed by atoms with van der Waals surface area (Å²) in [6.07, 6.45) is 3.88. The van der Waals surface area contributed by atoms with Gasteiger partial charge in [-0.05, 0) is 6.42 Å². The molecule has 0 N–H and O–H groups in total. The van der Waals surface area contributed by atoms with Crippen LogP contribution < -0.4 is 0 Å². The molecule has 10 heavy (non-hydrogen) atoms. The molecule has 0 unspecified atom stereocenters. The van der Waals surface area contributed by atoms with E-state index in [9.17, 15) is 0 Å². The molecule has 1 aliphatic rings. The molecule has 0 aromatic heterocycles. The van der Waals surface area contributed by atoms with E-state index in [2.05, 4.69) is 13.1 Å². The van der Waals surface area contributed by atoms with Crippen LogP contribution in [0.5, 0.6) is 0 Å². The van der Waals surface area contributed by atoms with Crippen molar-refractivity contribution in [1.82, 2.24) is 0 Å². The minimum absolute atomic E-state index is 0. The molecule has 0 radical (unpaired) electrons. The van der Waals surface area contributed by atoms with Crippen LogP contribution >= 0.6 is 0 Å². The van der Waals surface area contributed by atoms with Gasteiger partial charge in [-0.2, -0.15) is 12.1 Å². The fourth-order valence-electron chi connectivity index (χ4n) is 1.13. The minimum atomic E-state index is -0.557. The molecule has 1 saturated heterocycles. The number of hydrogen-bond donors (Lipinski definition) is 0. The molecule has 0 bridgehead atoms. The van der Waals surface area contributed by atoms with E-state index in [1.54, 1.807) is 0 Å². The van der Waals surface area contributed by atoms with Crippen LogP contribution in [0, 0.1) is 5.73 Å². The Kier molecular flexibility index (Phi) is 6.02. The summed E-state index contributed by atoms with van der Waals surface area (Å²) < 4.78 is 5.52. The number of rotatable bonds is 1. The molecule has 1 fully saturated rings. The van der Waals surface area contributed by atoms with Gasteiger partial charge in [-0.3, -0.25) is 0 Å². The Labute approximate surface area is 80.0 Å². The molecule has 3 heteroatoms. The topological polar surface area (TPSA) is 9.23 Å². The van der Waals surface area contributed by atoms with E-state index in [1.165, 1.54) is 25.0 Å². The van der Waals surface area contributed by atoms with Crippen molar-refractivity contribution in [1.29, 1.82) is 0 Å². The summed E-state index contributed by atoms with van der Waals surface area (Å²) in [6, 6.07) is 0. The Morgan fingerprint density at radius 3 is 2.30 bits per heavy atom. The van der Waals surface area contributed by atoms with Crippen LogP contribution in [0.3, 0.4) is 0 Å². The summed E-state index contributed by atoms with van der Waals surface area (Å²) in [5.74, 6) is 0. The average Bonchev–Trinajstić information content (AvgIpc) is 1.90. The molecule has 0 aliphatic carbocycles. The van der Waals surface area contributed by atoms with Gasteiger partial charge in [0.2, 0.25) is 0 Å². The first-order chi connectivity index (χ1) is 4.30. The van der Waals surface area contributed by atoms with Gasteiger partial charge >= 0.3 is 0 Å². The van der Waals surface area contributed by atoms with Gasteiger partial charge < -0.3 is 4.74 Å². The van der Waals surface area contributed by atoms with Gasteiger partial charge in [-0.1, -0.05) is 28.3 Å². The third kappa shape index (κ3) is 3.33. The first-order valence-corrected chi connectivity index (χ1v) is 6.68. The first-order valence-electron chi connectivity index (χ1n) is 3.79. The fourth-order valence-corrected chi connectivity index (χ4v) is 2.36. The zero-order valence-corrected chi connectivity index (χ0v) is 9.53. The third-order valence-electron chi connectivity index (χ3n) is 1.75. The van der Waals surface area contributed by atoms with E-state index < -0.39 is 8.80 Å². The number of hydrogen-bond acceptors (Lipinski definition) is 1. The summed E-state index contributed by atoms with van der Waals surface area (Å²) in [6.45, 7) is 5.65. The van der Waals surface area contributed by atoms with E-state index in [-0.39, 0.29) is 21.7 Å². The normalized spacial score (nSPS) is 20.7. The molecule has 0 saturated carbocycles. The van der Waals surface area contributed by atoms with Crippen LogP contribution in [0.15, 0.2) is 0 Å². The first kappa shape index (κ1) is 10.9. The Morgan fingerprint density at radius 1 is 1.30 bits per heavy atom. The molecule has 0 aromatic carbocycles. The molecule has 0 atom stereocenters. The molecule has 1 rings (SSSR count). The fraction of sp³-hybridized carbons (Fsp3) is 0.857. The van der Waals surface area contributed by atoms with Crippen molar-refractivity contribution in [2.75, 3.05) is 6.61 Å². The molecule has 1 aliphatic heterocycles. The predicted molar refractivity (Wildman–Crippen MR) is 41.9 cm³/mol. The van der Waals surface area contributed by atoms with E-state index in [0.29, 0.717) is 0 Å². The van der Waals surface area contributed by atoms with Crippen molar-refractivity contribution in [2.24, 2.45) is 0 Å². The zero-order chi connectivity index (χ0) is 6.69. The average molecular weight is 191 g/mol. The van der Waals surface area contributed by atoms with Crippen molar-refractivity contribution in [3.8, 4) is 0 Å².